The SMILES string of the molecule is CCCCN(C)S(=O)(=O)c1ccc2c(c1)N(C(C)=O)CCS2. The summed E-state index contributed by atoms with van der Waals surface area (Å²) in [5.41, 5.74) is 0.703. The first-order chi connectivity index (χ1) is 10.4. The molecule has 0 fully saturated rings. The maximum Gasteiger partial charge on any atom is 0.242 e. The Morgan fingerprint density at radius 3 is 2.77 bits per heavy atom. The van der Waals surface area contributed by atoms with Crippen LogP contribution in [0.3, 0.4) is 0 Å². The van der Waals surface area contributed by atoms with E-state index in [-0.39, 0.29) is 10.8 Å². The lowest BCUT2D eigenvalue weighted by molar-refractivity contribution is -0.116. The van der Waals surface area contributed by atoms with Gasteiger partial charge in [-0.3, -0.25) is 4.79 Å². The van der Waals surface area contributed by atoms with Gasteiger partial charge in [-0.25, -0.2) is 12.7 Å². The summed E-state index contributed by atoms with van der Waals surface area (Å²) >= 11 is 1.65. The number of anilines is 1. The fourth-order valence-corrected chi connectivity index (χ4v) is 4.57. The van der Waals surface area contributed by atoms with Crippen molar-refractivity contribution in [2.24, 2.45) is 0 Å². The summed E-state index contributed by atoms with van der Waals surface area (Å²) in [5.74, 6) is 0.769. The van der Waals surface area contributed by atoms with Gasteiger partial charge in [-0.1, -0.05) is 13.3 Å². The summed E-state index contributed by atoms with van der Waals surface area (Å²) in [4.78, 5) is 14.6. The Bertz CT molecular complexity index is 659. The second-order valence-corrected chi connectivity index (χ2v) is 8.51. The maximum atomic E-state index is 12.6. The molecule has 1 amide bonds. The van der Waals surface area contributed by atoms with Crippen LogP contribution in [0.4, 0.5) is 5.69 Å². The van der Waals surface area contributed by atoms with Gasteiger partial charge in [0.05, 0.1) is 10.6 Å². The van der Waals surface area contributed by atoms with Gasteiger partial charge in [-0.15, -0.1) is 11.8 Å². The van der Waals surface area contributed by atoms with Crippen LogP contribution in [-0.2, 0) is 14.8 Å². The quantitative estimate of drug-likeness (QED) is 0.825. The Morgan fingerprint density at radius 2 is 2.14 bits per heavy atom. The highest BCUT2D eigenvalue weighted by molar-refractivity contribution is 7.99. The van der Waals surface area contributed by atoms with E-state index < -0.39 is 10.0 Å². The molecule has 2 rings (SSSR count). The first kappa shape index (κ1) is 17.3. The number of hydrogen-bond acceptors (Lipinski definition) is 4. The highest BCUT2D eigenvalue weighted by Gasteiger charge is 2.25. The van der Waals surface area contributed by atoms with Crippen LogP contribution in [0.1, 0.15) is 26.7 Å². The molecule has 1 heterocycles. The Kier molecular flexibility index (Phi) is 5.52. The van der Waals surface area contributed by atoms with Crippen molar-refractivity contribution in [3.05, 3.63) is 18.2 Å². The monoisotopic (exact) mass is 342 g/mol. The van der Waals surface area contributed by atoms with Crippen molar-refractivity contribution in [1.29, 1.82) is 0 Å². The fourth-order valence-electron chi connectivity index (χ4n) is 2.37. The molecule has 5 nitrogen and oxygen atoms in total. The van der Waals surface area contributed by atoms with E-state index in [1.807, 2.05) is 6.92 Å². The molecule has 0 saturated heterocycles. The molecule has 1 aromatic carbocycles. The summed E-state index contributed by atoms with van der Waals surface area (Å²) in [6, 6.07) is 5.06. The summed E-state index contributed by atoms with van der Waals surface area (Å²) in [6.45, 7) is 4.65. The number of sulfonamides is 1. The van der Waals surface area contributed by atoms with Gasteiger partial charge in [0.15, 0.2) is 0 Å². The van der Waals surface area contributed by atoms with Crippen molar-refractivity contribution < 1.29 is 13.2 Å². The molecule has 0 spiro atoms. The van der Waals surface area contributed by atoms with Crippen LogP contribution >= 0.6 is 11.8 Å². The number of carbonyl (C=O) groups excluding carboxylic acids is 1. The minimum absolute atomic E-state index is 0.0598. The molecule has 1 aliphatic heterocycles. The molecular weight excluding hydrogens is 320 g/mol. The van der Waals surface area contributed by atoms with E-state index in [9.17, 15) is 13.2 Å². The van der Waals surface area contributed by atoms with Crippen LogP contribution < -0.4 is 4.90 Å². The Hall–Kier alpha value is -1.05. The van der Waals surface area contributed by atoms with Crippen molar-refractivity contribution >= 4 is 33.4 Å². The first-order valence-electron chi connectivity index (χ1n) is 7.39. The van der Waals surface area contributed by atoms with Gasteiger partial charge in [-0.05, 0) is 24.6 Å². The summed E-state index contributed by atoms with van der Waals surface area (Å²) in [6.07, 6.45) is 1.77. The van der Waals surface area contributed by atoms with Gasteiger partial charge in [0.2, 0.25) is 15.9 Å². The molecule has 1 aromatic rings. The molecule has 0 N–H and O–H groups in total. The van der Waals surface area contributed by atoms with Crippen molar-refractivity contribution in [1.82, 2.24) is 4.31 Å². The number of hydrogen-bond donors (Lipinski definition) is 0. The number of carbonyl (C=O) groups is 1. The highest BCUT2D eigenvalue weighted by atomic mass is 32.2. The maximum absolute atomic E-state index is 12.6. The topological polar surface area (TPSA) is 57.7 Å². The number of fused-ring (bicyclic) bond motifs is 1. The van der Waals surface area contributed by atoms with Crippen molar-refractivity contribution in [3.8, 4) is 0 Å². The van der Waals surface area contributed by atoms with Crippen LogP contribution in [0.2, 0.25) is 0 Å². The van der Waals surface area contributed by atoms with E-state index in [2.05, 4.69) is 0 Å². The Labute approximate surface area is 136 Å². The van der Waals surface area contributed by atoms with Crippen molar-refractivity contribution in [2.75, 3.05) is 30.8 Å². The molecule has 0 unspecified atom stereocenters. The molecule has 22 heavy (non-hydrogen) atoms. The first-order valence-corrected chi connectivity index (χ1v) is 9.81. The highest BCUT2D eigenvalue weighted by Crippen LogP contribution is 2.36. The third kappa shape index (κ3) is 3.47. The van der Waals surface area contributed by atoms with Crippen molar-refractivity contribution in [3.63, 3.8) is 0 Å². The van der Waals surface area contributed by atoms with E-state index in [1.165, 1.54) is 11.2 Å². The van der Waals surface area contributed by atoms with E-state index in [4.69, 9.17) is 0 Å². The molecule has 0 saturated carbocycles. The van der Waals surface area contributed by atoms with Gasteiger partial charge >= 0.3 is 0 Å². The standard InChI is InChI=1S/C15H22N2O3S2/c1-4-5-8-16(3)22(19,20)13-6-7-15-14(11-13)17(12(2)18)9-10-21-15/h6-7,11H,4-5,8-10H2,1-3H3. The predicted octanol–water partition coefficient (Wildman–Crippen LogP) is 2.57. The number of benzene rings is 1. The van der Waals surface area contributed by atoms with Gasteiger partial charge < -0.3 is 4.90 Å². The lowest BCUT2D eigenvalue weighted by Gasteiger charge is -2.29. The molecule has 122 valence electrons. The average molecular weight is 342 g/mol. The zero-order valence-electron chi connectivity index (χ0n) is 13.2. The van der Waals surface area contributed by atoms with Crippen LogP contribution in [0, 0.1) is 0 Å². The second-order valence-electron chi connectivity index (χ2n) is 5.33. The molecule has 0 radical (unpaired) electrons. The van der Waals surface area contributed by atoms with Crippen LogP contribution in [-0.4, -0.2) is 44.5 Å². The van der Waals surface area contributed by atoms with Crippen molar-refractivity contribution in [2.45, 2.75) is 36.5 Å². The van der Waals surface area contributed by atoms with Gasteiger partial charge in [0.25, 0.3) is 0 Å². The van der Waals surface area contributed by atoms with Crippen LogP contribution in [0.5, 0.6) is 0 Å². The third-order valence-corrected chi connectivity index (χ3v) is 6.60. The number of thioether (sulfide) groups is 1. The minimum Gasteiger partial charge on any atom is -0.311 e. The molecule has 0 atom stereocenters. The van der Waals surface area contributed by atoms with Gasteiger partial charge in [0, 0.05) is 37.7 Å². The number of amides is 1. The Morgan fingerprint density at radius 1 is 1.41 bits per heavy atom. The normalized spacial score (nSPS) is 15.0. The predicted molar refractivity (Wildman–Crippen MR) is 89.9 cm³/mol. The van der Waals surface area contributed by atoms with Crippen LogP contribution in [0.15, 0.2) is 28.0 Å². The number of unbranched alkanes of at least 4 members (excludes halogenated alkanes) is 1. The van der Waals surface area contributed by atoms with E-state index in [1.54, 1.807) is 41.9 Å². The molecule has 0 bridgehead atoms. The van der Waals surface area contributed by atoms with E-state index >= 15 is 0 Å². The average Bonchev–Trinajstić information content (AvgIpc) is 2.51. The van der Waals surface area contributed by atoms with Gasteiger partial charge in [-0.2, -0.15) is 0 Å². The lowest BCUT2D eigenvalue weighted by atomic mass is 10.2. The van der Waals surface area contributed by atoms with Gasteiger partial charge in [0.1, 0.15) is 0 Å². The van der Waals surface area contributed by atoms with E-state index in [0.29, 0.717) is 18.8 Å². The molecule has 0 aromatic heterocycles. The smallest absolute Gasteiger partial charge is 0.242 e. The van der Waals surface area contributed by atoms with E-state index in [0.717, 1.165) is 23.5 Å². The number of rotatable bonds is 5. The number of nitrogens with zero attached hydrogens (tertiary/aromatic N) is 2. The summed E-state index contributed by atoms with van der Waals surface area (Å²) in [5, 5.41) is 0. The molecule has 0 aliphatic carbocycles. The fraction of sp³-hybridized carbons (Fsp3) is 0.533. The summed E-state index contributed by atoms with van der Waals surface area (Å²) < 4.78 is 26.6. The van der Waals surface area contributed by atoms with Crippen LogP contribution in [0.25, 0.3) is 0 Å². The minimum atomic E-state index is -3.51. The second kappa shape index (κ2) is 7.02. The molecule has 1 aliphatic rings. The third-order valence-electron chi connectivity index (χ3n) is 3.71. The largest absolute Gasteiger partial charge is 0.311 e. The summed E-state index contributed by atoms with van der Waals surface area (Å²) in [7, 11) is -1.91. The lowest BCUT2D eigenvalue weighted by Crippen LogP contribution is -2.34. The zero-order valence-corrected chi connectivity index (χ0v) is 14.8. The molecule has 7 heteroatoms. The zero-order chi connectivity index (χ0) is 16.3. The molecular formula is C15H22N2O3S2. The Balaban J connectivity index is 2.37.